The smallest absolute Gasteiger partial charge is 0.316 e. The first-order chi connectivity index (χ1) is 21.3. The molecule has 3 fully saturated rings. The number of hydrogen-bond donors (Lipinski definition) is 2. The van der Waals surface area contributed by atoms with Crippen LogP contribution in [0.3, 0.4) is 0 Å². The third-order valence-corrected chi connectivity index (χ3v) is 10.3. The van der Waals surface area contributed by atoms with Crippen LogP contribution < -0.4 is 0 Å². The number of carbonyl (C=O) groups excluding carboxylic acids is 1. The van der Waals surface area contributed by atoms with Gasteiger partial charge in [0.05, 0.1) is 24.9 Å². The standard InChI is InChI=1S/C37H54O8/c1-21(2)14-24(5)32-26(7)31(38)19-36(45-32)18-29-17-28(44-36)13-12-23(4)15-22(3)10-9-11-27-20-42-34-33(41-8)25(6)16-30(35(39)43-29)37(27,34)40/h9-12,14,16,21-22,26,28-34,38,40H,13,15,17-20H2,1-8H3/b10-9+,23-12+,24-14+,27-11+/t22-,26-,28+,29-,30?,31-,32+,33+,34+,36?,37+/m0/s1. The average Bonchev–Trinajstić information content (AvgIpc) is 3.29. The maximum atomic E-state index is 14.2. The zero-order valence-electron chi connectivity index (χ0n) is 28.3. The Bertz CT molecular complexity index is 1260. The molecule has 11 atom stereocenters. The number of carbonyl (C=O) groups is 1. The van der Waals surface area contributed by atoms with E-state index in [2.05, 4.69) is 45.9 Å². The second-order valence-corrected chi connectivity index (χ2v) is 14.6. The Hall–Kier alpha value is -2.07. The molecule has 2 N–H and O–H groups in total. The summed E-state index contributed by atoms with van der Waals surface area (Å²) in [6.45, 7) is 14.7. The minimum absolute atomic E-state index is 0.110. The minimum atomic E-state index is -1.61. The van der Waals surface area contributed by atoms with Crippen molar-refractivity contribution in [1.82, 2.24) is 0 Å². The predicted molar refractivity (Wildman–Crippen MR) is 172 cm³/mol. The summed E-state index contributed by atoms with van der Waals surface area (Å²) in [4.78, 5) is 14.2. The lowest BCUT2D eigenvalue weighted by Gasteiger charge is -2.51. The lowest BCUT2D eigenvalue weighted by atomic mass is 9.70. The van der Waals surface area contributed by atoms with Crippen molar-refractivity contribution >= 4 is 5.97 Å². The van der Waals surface area contributed by atoms with E-state index in [1.165, 1.54) is 5.57 Å². The molecule has 0 aromatic heterocycles. The number of methoxy groups -OCH3 is 1. The van der Waals surface area contributed by atoms with Crippen LogP contribution in [0.1, 0.15) is 80.6 Å². The number of allylic oxidation sites excluding steroid dienone is 5. The summed E-state index contributed by atoms with van der Waals surface area (Å²) in [5.41, 5.74) is 2.14. The predicted octanol–water partition coefficient (Wildman–Crippen LogP) is 5.74. The summed E-state index contributed by atoms with van der Waals surface area (Å²) in [5.74, 6) is -2.11. The lowest BCUT2D eigenvalue weighted by Crippen LogP contribution is -2.59. The third kappa shape index (κ3) is 6.97. The third-order valence-electron chi connectivity index (χ3n) is 10.3. The molecule has 3 saturated heterocycles. The van der Waals surface area contributed by atoms with Crippen LogP contribution in [0.2, 0.25) is 0 Å². The van der Waals surface area contributed by atoms with E-state index in [1.54, 1.807) is 13.2 Å². The summed E-state index contributed by atoms with van der Waals surface area (Å²) in [6.07, 6.45) is 11.7. The Balaban J connectivity index is 1.53. The maximum absolute atomic E-state index is 14.2. The van der Waals surface area contributed by atoms with Gasteiger partial charge in [-0.2, -0.15) is 0 Å². The quantitative estimate of drug-likeness (QED) is 0.302. The van der Waals surface area contributed by atoms with Gasteiger partial charge in [-0.25, -0.2) is 0 Å². The molecule has 0 saturated carbocycles. The van der Waals surface area contributed by atoms with E-state index >= 15 is 0 Å². The van der Waals surface area contributed by atoms with Gasteiger partial charge in [-0.05, 0) is 62.2 Å². The van der Waals surface area contributed by atoms with E-state index in [0.29, 0.717) is 37.2 Å². The molecular weight excluding hydrogens is 572 g/mol. The van der Waals surface area contributed by atoms with Gasteiger partial charge in [0, 0.05) is 32.3 Å². The molecule has 4 heterocycles. The number of esters is 1. The summed E-state index contributed by atoms with van der Waals surface area (Å²) in [6, 6.07) is 0. The molecule has 0 amide bonds. The van der Waals surface area contributed by atoms with Crippen molar-refractivity contribution in [2.24, 2.45) is 23.7 Å². The van der Waals surface area contributed by atoms with Crippen molar-refractivity contribution in [1.29, 1.82) is 0 Å². The maximum Gasteiger partial charge on any atom is 0.316 e. The van der Waals surface area contributed by atoms with Crippen LogP contribution in [0.4, 0.5) is 0 Å². The molecule has 0 aromatic rings. The van der Waals surface area contributed by atoms with Gasteiger partial charge in [-0.1, -0.05) is 69.7 Å². The summed E-state index contributed by atoms with van der Waals surface area (Å²) < 4.78 is 31.8. The number of hydrogen-bond acceptors (Lipinski definition) is 8. The Morgan fingerprint density at radius 1 is 1.16 bits per heavy atom. The number of ether oxygens (including phenoxy) is 5. The molecule has 8 heteroatoms. The molecule has 2 bridgehead atoms. The van der Waals surface area contributed by atoms with E-state index in [1.807, 2.05) is 32.9 Å². The first-order valence-corrected chi connectivity index (χ1v) is 16.8. The van der Waals surface area contributed by atoms with Crippen LogP contribution in [0, 0.1) is 23.7 Å². The number of aliphatic hydroxyl groups is 2. The Morgan fingerprint density at radius 3 is 2.62 bits per heavy atom. The topological polar surface area (TPSA) is 104 Å². The van der Waals surface area contributed by atoms with Gasteiger partial charge in [0.25, 0.3) is 0 Å². The minimum Gasteiger partial charge on any atom is -0.462 e. The van der Waals surface area contributed by atoms with Gasteiger partial charge in [0.2, 0.25) is 0 Å². The zero-order chi connectivity index (χ0) is 32.7. The highest BCUT2D eigenvalue weighted by Crippen LogP contribution is 2.48. The summed E-state index contributed by atoms with van der Waals surface area (Å²) in [5, 5.41) is 23.7. The fourth-order valence-corrected chi connectivity index (χ4v) is 8.14. The molecule has 0 aromatic carbocycles. The van der Waals surface area contributed by atoms with Crippen LogP contribution in [-0.4, -0.2) is 77.9 Å². The van der Waals surface area contributed by atoms with Crippen molar-refractivity contribution in [3.63, 3.8) is 0 Å². The van der Waals surface area contributed by atoms with Crippen molar-refractivity contribution in [2.75, 3.05) is 13.7 Å². The molecular formula is C37H54O8. The first-order valence-electron chi connectivity index (χ1n) is 16.8. The van der Waals surface area contributed by atoms with E-state index in [9.17, 15) is 15.0 Å². The number of fused-ring (bicyclic) bond motifs is 2. The van der Waals surface area contributed by atoms with Gasteiger partial charge in [0.15, 0.2) is 5.79 Å². The Kier molecular flexibility index (Phi) is 10.3. The fourth-order valence-electron chi connectivity index (χ4n) is 8.14. The highest BCUT2D eigenvalue weighted by Gasteiger charge is 2.60. The molecule has 0 radical (unpaired) electrons. The van der Waals surface area contributed by atoms with Gasteiger partial charge >= 0.3 is 5.97 Å². The Morgan fingerprint density at radius 2 is 1.91 bits per heavy atom. The van der Waals surface area contributed by atoms with Gasteiger partial charge < -0.3 is 33.9 Å². The van der Waals surface area contributed by atoms with Crippen LogP contribution in [0.15, 0.2) is 58.7 Å². The molecule has 2 unspecified atom stereocenters. The molecule has 5 aliphatic rings. The monoisotopic (exact) mass is 626 g/mol. The largest absolute Gasteiger partial charge is 0.462 e. The molecule has 1 spiro atoms. The van der Waals surface area contributed by atoms with E-state index in [0.717, 1.165) is 17.6 Å². The fraction of sp³-hybridized carbons (Fsp3) is 0.703. The molecule has 5 rings (SSSR count). The van der Waals surface area contributed by atoms with E-state index in [-0.39, 0.29) is 30.7 Å². The molecule has 4 aliphatic heterocycles. The molecule has 8 nitrogen and oxygen atoms in total. The normalized spacial score (nSPS) is 46.0. The van der Waals surface area contributed by atoms with Crippen molar-refractivity contribution in [3.05, 3.63) is 58.7 Å². The number of rotatable bonds is 3. The van der Waals surface area contributed by atoms with Crippen LogP contribution in [0.25, 0.3) is 0 Å². The van der Waals surface area contributed by atoms with Gasteiger partial charge in [-0.3, -0.25) is 4.79 Å². The van der Waals surface area contributed by atoms with E-state index in [4.69, 9.17) is 23.7 Å². The highest BCUT2D eigenvalue weighted by molar-refractivity contribution is 5.78. The summed E-state index contributed by atoms with van der Waals surface area (Å²) >= 11 is 0. The van der Waals surface area contributed by atoms with Crippen LogP contribution in [-0.2, 0) is 28.5 Å². The van der Waals surface area contributed by atoms with Crippen LogP contribution in [0.5, 0.6) is 0 Å². The van der Waals surface area contributed by atoms with Crippen molar-refractivity contribution < 1.29 is 38.7 Å². The summed E-state index contributed by atoms with van der Waals surface area (Å²) in [7, 11) is 1.59. The van der Waals surface area contributed by atoms with Crippen molar-refractivity contribution in [2.45, 2.75) is 129 Å². The Labute approximate surface area is 269 Å². The second kappa shape index (κ2) is 13.6. The first kappa shape index (κ1) is 34.3. The van der Waals surface area contributed by atoms with Crippen LogP contribution >= 0.6 is 0 Å². The van der Waals surface area contributed by atoms with Gasteiger partial charge in [-0.15, -0.1) is 0 Å². The highest BCUT2D eigenvalue weighted by atomic mass is 16.7. The average molecular weight is 627 g/mol. The van der Waals surface area contributed by atoms with Crippen molar-refractivity contribution in [3.8, 4) is 0 Å². The zero-order valence-corrected chi connectivity index (χ0v) is 28.3. The van der Waals surface area contributed by atoms with E-state index < -0.39 is 47.7 Å². The molecule has 45 heavy (non-hydrogen) atoms. The second-order valence-electron chi connectivity index (χ2n) is 14.6. The lowest BCUT2D eigenvalue weighted by molar-refractivity contribution is -0.342. The van der Waals surface area contributed by atoms with Gasteiger partial charge in [0.1, 0.15) is 29.8 Å². The SMILES string of the molecule is CO[C@@H]1C(C)=CC2C(=O)O[C@H]3C[C@@H](C/C=C(\C)C[C@@H](C)/C=C/C=C4\CO[C@H]1[C@@]42O)OC1(C3)C[C@H](O)[C@H](C)[C@@H](/C(C)=C/C(C)C)O1. The number of aliphatic hydroxyl groups excluding tert-OH is 1. The molecule has 250 valence electrons. The molecule has 1 aliphatic carbocycles.